The number of pyridine rings is 1. The summed E-state index contributed by atoms with van der Waals surface area (Å²) < 4.78 is 29.3. The van der Waals surface area contributed by atoms with Gasteiger partial charge in [0.2, 0.25) is 10.0 Å². The average molecular weight is 422 g/mol. The number of ketones is 1. The van der Waals surface area contributed by atoms with Crippen LogP contribution in [0.2, 0.25) is 0 Å². The molecule has 30 heavy (non-hydrogen) atoms. The fourth-order valence-corrected chi connectivity index (χ4v) is 5.75. The monoisotopic (exact) mass is 421 g/mol. The van der Waals surface area contributed by atoms with Crippen molar-refractivity contribution in [3.8, 4) is 6.07 Å². The van der Waals surface area contributed by atoms with Crippen molar-refractivity contribution >= 4 is 21.3 Å². The number of nitrogens with zero attached hydrogens (tertiary/aromatic N) is 3. The first kappa shape index (κ1) is 20.3. The predicted octanol–water partition coefficient (Wildman–Crippen LogP) is 3.72. The minimum atomic E-state index is -3.60. The molecular formula is C23H23N3O3S. The number of nitriles is 1. The van der Waals surface area contributed by atoms with Gasteiger partial charge in [-0.1, -0.05) is 18.2 Å². The van der Waals surface area contributed by atoms with Crippen molar-refractivity contribution in [2.75, 3.05) is 13.1 Å². The summed E-state index contributed by atoms with van der Waals surface area (Å²) >= 11 is 0. The van der Waals surface area contributed by atoms with Crippen molar-refractivity contribution in [3.63, 3.8) is 0 Å². The van der Waals surface area contributed by atoms with Crippen LogP contribution in [0.1, 0.15) is 46.4 Å². The first-order valence-corrected chi connectivity index (χ1v) is 11.5. The zero-order valence-corrected chi connectivity index (χ0v) is 17.7. The van der Waals surface area contributed by atoms with Gasteiger partial charge in [0.25, 0.3) is 0 Å². The Labute approximate surface area is 176 Å². The third kappa shape index (κ3) is 3.42. The van der Waals surface area contributed by atoms with E-state index in [2.05, 4.69) is 6.07 Å². The normalized spacial score (nSPS) is 14.8. The predicted molar refractivity (Wildman–Crippen MR) is 114 cm³/mol. The lowest BCUT2D eigenvalue weighted by Gasteiger charge is -2.16. The Morgan fingerprint density at radius 1 is 1.13 bits per heavy atom. The number of aryl methyl sites for hydroxylation is 1. The number of aromatic nitrogens is 1. The molecule has 1 aliphatic heterocycles. The van der Waals surface area contributed by atoms with E-state index >= 15 is 0 Å². The van der Waals surface area contributed by atoms with Crippen LogP contribution >= 0.6 is 0 Å². The van der Waals surface area contributed by atoms with Crippen LogP contribution in [0.15, 0.2) is 53.6 Å². The molecule has 1 aromatic carbocycles. The summed E-state index contributed by atoms with van der Waals surface area (Å²) in [6.45, 7) is 2.93. The summed E-state index contributed by atoms with van der Waals surface area (Å²) in [6.07, 6.45) is 4.52. The Morgan fingerprint density at radius 3 is 2.63 bits per heavy atom. The van der Waals surface area contributed by atoms with Crippen LogP contribution in [-0.4, -0.2) is 36.0 Å². The third-order valence-electron chi connectivity index (χ3n) is 5.71. The second-order valence-electron chi connectivity index (χ2n) is 7.53. The van der Waals surface area contributed by atoms with Crippen LogP contribution in [0.5, 0.6) is 0 Å². The van der Waals surface area contributed by atoms with E-state index in [1.807, 2.05) is 35.7 Å². The highest BCUT2D eigenvalue weighted by Crippen LogP contribution is 2.28. The summed E-state index contributed by atoms with van der Waals surface area (Å²) in [6, 6.07) is 14.1. The van der Waals surface area contributed by atoms with E-state index in [9.17, 15) is 13.2 Å². The fourth-order valence-electron chi connectivity index (χ4n) is 4.19. The molecule has 0 atom stereocenters. The Hall–Kier alpha value is -2.95. The number of benzene rings is 1. The summed E-state index contributed by atoms with van der Waals surface area (Å²) in [5, 5.41) is 8.99. The Bertz CT molecular complexity index is 1260. The second-order valence-corrected chi connectivity index (χ2v) is 9.47. The molecule has 3 heterocycles. The molecule has 0 amide bonds. The zero-order valence-electron chi connectivity index (χ0n) is 16.8. The minimum Gasteiger partial charge on any atom is -0.320 e. The van der Waals surface area contributed by atoms with Crippen LogP contribution < -0.4 is 0 Å². The molecule has 0 N–H and O–H groups in total. The molecule has 4 rings (SSSR count). The van der Waals surface area contributed by atoms with Crippen molar-refractivity contribution in [2.24, 2.45) is 0 Å². The largest absolute Gasteiger partial charge is 0.320 e. The van der Waals surface area contributed by atoms with Gasteiger partial charge in [0, 0.05) is 43.4 Å². The standard InChI is InChI=1S/C23H23N3O3S/c1-17-20(11-7-12-24)26-15-3-2-10-21(26)22(17)23(27)18-8-6-9-19(16-18)30(28,29)25-13-4-5-14-25/h2-3,6,8-10,15-16H,4-5,7,11,13-14H2,1H3. The molecule has 1 aliphatic rings. The van der Waals surface area contributed by atoms with Crippen LogP contribution in [-0.2, 0) is 16.4 Å². The average Bonchev–Trinajstić information content (AvgIpc) is 3.39. The van der Waals surface area contributed by atoms with Gasteiger partial charge in [-0.25, -0.2) is 8.42 Å². The van der Waals surface area contributed by atoms with Crippen molar-refractivity contribution in [1.29, 1.82) is 5.26 Å². The number of hydrogen-bond acceptors (Lipinski definition) is 4. The topological polar surface area (TPSA) is 82.7 Å². The van der Waals surface area contributed by atoms with Crippen LogP contribution in [0.25, 0.3) is 5.52 Å². The molecule has 7 heteroatoms. The second kappa shape index (κ2) is 8.05. The fraction of sp³-hybridized carbons (Fsp3) is 0.304. The highest BCUT2D eigenvalue weighted by Gasteiger charge is 2.28. The summed E-state index contributed by atoms with van der Waals surface area (Å²) in [5.74, 6) is -0.210. The van der Waals surface area contributed by atoms with Crippen molar-refractivity contribution in [3.05, 3.63) is 71.0 Å². The van der Waals surface area contributed by atoms with Gasteiger partial charge in [-0.3, -0.25) is 4.79 Å². The van der Waals surface area contributed by atoms with E-state index in [1.165, 1.54) is 10.4 Å². The number of rotatable bonds is 6. The Balaban J connectivity index is 1.79. The molecule has 0 unspecified atom stereocenters. The lowest BCUT2D eigenvalue weighted by Crippen LogP contribution is -2.28. The highest BCUT2D eigenvalue weighted by molar-refractivity contribution is 7.89. The number of hydrogen-bond donors (Lipinski definition) is 0. The molecule has 0 bridgehead atoms. The number of sulfonamides is 1. The number of fused-ring (bicyclic) bond motifs is 1. The number of carbonyl (C=O) groups is 1. The molecule has 154 valence electrons. The van der Waals surface area contributed by atoms with Crippen LogP contribution in [0.3, 0.4) is 0 Å². The molecule has 1 saturated heterocycles. The van der Waals surface area contributed by atoms with Crippen LogP contribution in [0, 0.1) is 18.3 Å². The maximum atomic E-state index is 13.5. The highest BCUT2D eigenvalue weighted by atomic mass is 32.2. The van der Waals surface area contributed by atoms with E-state index in [4.69, 9.17) is 5.26 Å². The SMILES string of the molecule is Cc1c(C(=O)c2cccc(S(=O)(=O)N3CCCC3)c2)c2ccccn2c1CCC#N. The molecular weight excluding hydrogens is 398 g/mol. The molecule has 2 aromatic heterocycles. The van der Waals surface area contributed by atoms with Gasteiger partial charge in [0.15, 0.2) is 5.78 Å². The van der Waals surface area contributed by atoms with Gasteiger partial charge in [0.1, 0.15) is 0 Å². The Kier molecular flexibility index (Phi) is 5.46. The van der Waals surface area contributed by atoms with E-state index in [0.717, 1.165) is 29.6 Å². The first-order chi connectivity index (χ1) is 14.4. The lowest BCUT2D eigenvalue weighted by molar-refractivity contribution is 0.103. The lowest BCUT2D eigenvalue weighted by atomic mass is 9.99. The van der Waals surface area contributed by atoms with Gasteiger partial charge in [0.05, 0.1) is 22.0 Å². The zero-order chi connectivity index (χ0) is 21.3. The third-order valence-corrected chi connectivity index (χ3v) is 7.61. The molecule has 0 saturated carbocycles. The van der Waals surface area contributed by atoms with Gasteiger partial charge < -0.3 is 4.40 Å². The molecule has 6 nitrogen and oxygen atoms in total. The molecule has 0 spiro atoms. The maximum absolute atomic E-state index is 13.5. The first-order valence-electron chi connectivity index (χ1n) is 10.1. The minimum absolute atomic E-state index is 0.154. The Morgan fingerprint density at radius 2 is 1.90 bits per heavy atom. The van der Waals surface area contributed by atoms with Crippen molar-refractivity contribution in [1.82, 2.24) is 8.71 Å². The van der Waals surface area contributed by atoms with E-state index in [-0.39, 0.29) is 10.7 Å². The van der Waals surface area contributed by atoms with Crippen molar-refractivity contribution < 1.29 is 13.2 Å². The van der Waals surface area contributed by atoms with E-state index in [0.29, 0.717) is 37.1 Å². The summed E-state index contributed by atoms with van der Waals surface area (Å²) in [5.41, 5.74) is 3.42. The van der Waals surface area contributed by atoms with Crippen LogP contribution in [0.4, 0.5) is 0 Å². The molecule has 3 aromatic rings. The van der Waals surface area contributed by atoms with Gasteiger partial charge in [-0.05, 0) is 49.6 Å². The molecule has 0 radical (unpaired) electrons. The van der Waals surface area contributed by atoms with Crippen molar-refractivity contribution in [2.45, 2.75) is 37.5 Å². The smallest absolute Gasteiger partial charge is 0.243 e. The molecule has 0 aliphatic carbocycles. The maximum Gasteiger partial charge on any atom is 0.243 e. The van der Waals surface area contributed by atoms with Gasteiger partial charge in [-0.15, -0.1) is 0 Å². The van der Waals surface area contributed by atoms with E-state index < -0.39 is 10.0 Å². The summed E-state index contributed by atoms with van der Waals surface area (Å²) in [4.78, 5) is 13.6. The quantitative estimate of drug-likeness (QED) is 0.568. The molecule has 1 fully saturated rings. The summed E-state index contributed by atoms with van der Waals surface area (Å²) in [7, 11) is -3.60. The van der Waals surface area contributed by atoms with E-state index in [1.54, 1.807) is 18.2 Å². The number of carbonyl (C=O) groups excluding carboxylic acids is 1. The van der Waals surface area contributed by atoms with Gasteiger partial charge >= 0.3 is 0 Å². The van der Waals surface area contributed by atoms with Gasteiger partial charge in [-0.2, -0.15) is 9.57 Å².